The third-order valence-electron chi connectivity index (χ3n) is 2.43. The van der Waals surface area contributed by atoms with Crippen LogP contribution in [0.3, 0.4) is 0 Å². The predicted molar refractivity (Wildman–Crippen MR) is 82.9 cm³/mol. The quantitative estimate of drug-likeness (QED) is 0.701. The minimum Gasteiger partial charge on any atom is -0.378 e. The molecule has 2 aromatic rings. The number of benzene rings is 2. The summed E-state index contributed by atoms with van der Waals surface area (Å²) in [5, 5.41) is 5.08. The van der Waals surface area contributed by atoms with Crippen LogP contribution < -0.4 is 5.32 Å². The first-order valence-electron chi connectivity index (χ1n) is 5.20. The Morgan fingerprint density at radius 1 is 0.944 bits per heavy atom. The SMILES string of the molecule is Clc1cc(Br)ccc1CNc1c(Cl)cccc1Cl. The van der Waals surface area contributed by atoms with E-state index < -0.39 is 0 Å². The summed E-state index contributed by atoms with van der Waals surface area (Å²) in [5.74, 6) is 0. The van der Waals surface area contributed by atoms with Crippen LogP contribution >= 0.6 is 50.7 Å². The molecule has 5 heteroatoms. The lowest BCUT2D eigenvalue weighted by Gasteiger charge is -2.11. The van der Waals surface area contributed by atoms with Crippen LogP contribution in [0.5, 0.6) is 0 Å². The maximum absolute atomic E-state index is 6.14. The lowest BCUT2D eigenvalue weighted by Crippen LogP contribution is -2.01. The third-order valence-corrected chi connectivity index (χ3v) is 3.91. The first-order chi connectivity index (χ1) is 8.58. The number of anilines is 1. The van der Waals surface area contributed by atoms with Crippen molar-refractivity contribution in [2.75, 3.05) is 5.32 Å². The minimum absolute atomic E-state index is 0.565. The Labute approximate surface area is 129 Å². The van der Waals surface area contributed by atoms with Gasteiger partial charge in [-0.1, -0.05) is 62.9 Å². The van der Waals surface area contributed by atoms with E-state index in [1.54, 1.807) is 12.1 Å². The number of nitrogens with one attached hydrogen (secondary N) is 1. The van der Waals surface area contributed by atoms with Crippen LogP contribution in [0, 0.1) is 0 Å². The minimum atomic E-state index is 0.565. The molecule has 0 bridgehead atoms. The molecular weight excluding hydrogens is 356 g/mol. The molecule has 0 unspecified atom stereocenters. The van der Waals surface area contributed by atoms with Gasteiger partial charge in [-0.2, -0.15) is 0 Å². The van der Waals surface area contributed by atoms with Crippen molar-refractivity contribution in [1.82, 2.24) is 0 Å². The zero-order valence-electron chi connectivity index (χ0n) is 9.18. The van der Waals surface area contributed by atoms with Crippen molar-refractivity contribution in [3.63, 3.8) is 0 Å². The van der Waals surface area contributed by atoms with E-state index in [0.29, 0.717) is 21.6 Å². The van der Waals surface area contributed by atoms with E-state index in [1.807, 2.05) is 24.3 Å². The van der Waals surface area contributed by atoms with Crippen molar-refractivity contribution in [1.29, 1.82) is 0 Å². The molecule has 0 aliphatic heterocycles. The molecule has 0 fully saturated rings. The second-order valence-corrected chi connectivity index (χ2v) is 5.82. The Bertz CT molecular complexity index is 552. The van der Waals surface area contributed by atoms with Gasteiger partial charge in [0.25, 0.3) is 0 Å². The molecule has 0 aliphatic carbocycles. The fourth-order valence-corrected chi connectivity index (χ4v) is 2.79. The molecular formula is C13H9BrCl3N. The van der Waals surface area contributed by atoms with E-state index in [9.17, 15) is 0 Å². The summed E-state index contributed by atoms with van der Waals surface area (Å²) in [7, 11) is 0. The Kier molecular flexibility index (Phi) is 4.79. The molecule has 0 amide bonds. The van der Waals surface area contributed by atoms with Gasteiger partial charge < -0.3 is 5.32 Å². The summed E-state index contributed by atoms with van der Waals surface area (Å²) in [6.45, 7) is 0.565. The standard InChI is InChI=1S/C13H9BrCl3N/c14-9-5-4-8(12(17)6-9)7-18-13-10(15)2-1-3-11(13)16/h1-6,18H,7H2. The smallest absolute Gasteiger partial charge is 0.0721 e. The van der Waals surface area contributed by atoms with E-state index in [1.165, 1.54) is 0 Å². The van der Waals surface area contributed by atoms with Crippen LogP contribution in [-0.2, 0) is 6.54 Å². The highest BCUT2D eigenvalue weighted by atomic mass is 79.9. The van der Waals surface area contributed by atoms with Gasteiger partial charge in [-0.3, -0.25) is 0 Å². The number of para-hydroxylation sites is 1. The number of halogens is 4. The van der Waals surface area contributed by atoms with Gasteiger partial charge in [0.1, 0.15) is 0 Å². The second-order valence-electron chi connectivity index (χ2n) is 3.69. The van der Waals surface area contributed by atoms with Gasteiger partial charge in [0.15, 0.2) is 0 Å². The molecule has 0 aromatic heterocycles. The maximum atomic E-state index is 6.14. The molecule has 0 atom stereocenters. The molecule has 0 heterocycles. The molecule has 0 spiro atoms. The van der Waals surface area contributed by atoms with Gasteiger partial charge in [-0.25, -0.2) is 0 Å². The van der Waals surface area contributed by atoms with Crippen molar-refractivity contribution in [2.45, 2.75) is 6.54 Å². The summed E-state index contributed by atoms with van der Waals surface area (Å²) in [6, 6.07) is 11.1. The molecule has 2 rings (SSSR count). The number of hydrogen-bond acceptors (Lipinski definition) is 1. The van der Waals surface area contributed by atoms with Gasteiger partial charge in [0.05, 0.1) is 15.7 Å². The van der Waals surface area contributed by atoms with Gasteiger partial charge in [0, 0.05) is 16.0 Å². The molecule has 1 N–H and O–H groups in total. The maximum Gasteiger partial charge on any atom is 0.0721 e. The average Bonchev–Trinajstić information content (AvgIpc) is 2.31. The molecule has 2 aromatic carbocycles. The van der Waals surface area contributed by atoms with Crippen LogP contribution in [0.25, 0.3) is 0 Å². The van der Waals surface area contributed by atoms with Gasteiger partial charge in [-0.15, -0.1) is 0 Å². The predicted octanol–water partition coefficient (Wildman–Crippen LogP) is 6.02. The van der Waals surface area contributed by atoms with E-state index in [2.05, 4.69) is 21.2 Å². The van der Waals surface area contributed by atoms with Crippen molar-refractivity contribution >= 4 is 56.4 Å². The summed E-state index contributed by atoms with van der Waals surface area (Å²) >= 11 is 21.7. The Morgan fingerprint density at radius 2 is 1.61 bits per heavy atom. The van der Waals surface area contributed by atoms with Crippen LogP contribution in [0.15, 0.2) is 40.9 Å². The van der Waals surface area contributed by atoms with Crippen molar-refractivity contribution in [3.05, 3.63) is 61.5 Å². The van der Waals surface area contributed by atoms with Gasteiger partial charge >= 0.3 is 0 Å². The van der Waals surface area contributed by atoms with E-state index in [-0.39, 0.29) is 0 Å². The largest absolute Gasteiger partial charge is 0.378 e. The average molecular weight is 365 g/mol. The van der Waals surface area contributed by atoms with Crippen molar-refractivity contribution in [3.8, 4) is 0 Å². The highest BCUT2D eigenvalue weighted by molar-refractivity contribution is 9.10. The Morgan fingerprint density at radius 3 is 2.22 bits per heavy atom. The zero-order valence-corrected chi connectivity index (χ0v) is 13.0. The molecule has 0 saturated heterocycles. The molecule has 0 saturated carbocycles. The lowest BCUT2D eigenvalue weighted by atomic mass is 10.2. The fourth-order valence-electron chi connectivity index (χ4n) is 1.52. The Balaban J connectivity index is 2.16. The van der Waals surface area contributed by atoms with Crippen LogP contribution in [0.2, 0.25) is 15.1 Å². The number of hydrogen-bond donors (Lipinski definition) is 1. The topological polar surface area (TPSA) is 12.0 Å². The molecule has 1 nitrogen and oxygen atoms in total. The summed E-state index contributed by atoms with van der Waals surface area (Å²) in [4.78, 5) is 0. The van der Waals surface area contributed by atoms with Crippen molar-refractivity contribution < 1.29 is 0 Å². The molecule has 94 valence electrons. The summed E-state index contributed by atoms with van der Waals surface area (Å²) < 4.78 is 0.951. The van der Waals surface area contributed by atoms with Crippen LogP contribution in [-0.4, -0.2) is 0 Å². The third kappa shape index (κ3) is 3.33. The van der Waals surface area contributed by atoms with E-state index in [0.717, 1.165) is 15.7 Å². The van der Waals surface area contributed by atoms with Gasteiger partial charge in [-0.05, 0) is 29.8 Å². The first-order valence-corrected chi connectivity index (χ1v) is 7.12. The molecule has 18 heavy (non-hydrogen) atoms. The fraction of sp³-hybridized carbons (Fsp3) is 0.0769. The molecule has 0 aliphatic rings. The monoisotopic (exact) mass is 363 g/mol. The second kappa shape index (κ2) is 6.16. The first kappa shape index (κ1) is 14.0. The zero-order chi connectivity index (χ0) is 13.1. The number of rotatable bonds is 3. The Hall–Kier alpha value is -0.410. The molecule has 0 radical (unpaired) electrons. The highest BCUT2D eigenvalue weighted by Crippen LogP contribution is 2.31. The lowest BCUT2D eigenvalue weighted by molar-refractivity contribution is 1.15. The highest BCUT2D eigenvalue weighted by Gasteiger charge is 2.06. The van der Waals surface area contributed by atoms with E-state index >= 15 is 0 Å². The van der Waals surface area contributed by atoms with Crippen molar-refractivity contribution in [2.24, 2.45) is 0 Å². The normalized spacial score (nSPS) is 10.4. The van der Waals surface area contributed by atoms with Crippen LogP contribution in [0.4, 0.5) is 5.69 Å². The summed E-state index contributed by atoms with van der Waals surface area (Å²) in [6.07, 6.45) is 0. The van der Waals surface area contributed by atoms with Gasteiger partial charge in [0.2, 0.25) is 0 Å². The van der Waals surface area contributed by atoms with Crippen LogP contribution in [0.1, 0.15) is 5.56 Å². The summed E-state index contributed by atoms with van der Waals surface area (Å²) in [5.41, 5.74) is 1.70. The van der Waals surface area contributed by atoms with E-state index in [4.69, 9.17) is 34.8 Å².